The molecule has 1 amide bonds. The molecule has 0 radical (unpaired) electrons. The molecule has 0 bridgehead atoms. The highest BCUT2D eigenvalue weighted by atomic mass is 16.2. The lowest BCUT2D eigenvalue weighted by molar-refractivity contribution is -0.117. The Bertz CT molecular complexity index is 1170. The summed E-state index contributed by atoms with van der Waals surface area (Å²) in [6, 6.07) is 20.1. The van der Waals surface area contributed by atoms with Gasteiger partial charge in [-0.3, -0.25) is 14.4 Å². The van der Waals surface area contributed by atoms with E-state index >= 15 is 0 Å². The number of hydrogen-bond acceptors (Lipinski definition) is 6. The summed E-state index contributed by atoms with van der Waals surface area (Å²) >= 11 is 0. The molecule has 0 aliphatic carbocycles. The van der Waals surface area contributed by atoms with E-state index in [1.165, 1.54) is 23.4 Å². The van der Waals surface area contributed by atoms with Crippen molar-refractivity contribution in [2.45, 2.75) is 13.5 Å². The van der Waals surface area contributed by atoms with Gasteiger partial charge in [0.05, 0.1) is 0 Å². The summed E-state index contributed by atoms with van der Waals surface area (Å²) in [6.45, 7) is 4.49. The Morgan fingerprint density at radius 3 is 2.34 bits per heavy atom. The van der Waals surface area contributed by atoms with Crippen molar-refractivity contribution >= 4 is 28.9 Å². The number of ketones is 1. The first-order valence-corrected chi connectivity index (χ1v) is 10.5. The quantitative estimate of drug-likeness (QED) is 0.603. The van der Waals surface area contributed by atoms with E-state index in [0.29, 0.717) is 17.1 Å². The first kappa shape index (κ1) is 21.3. The van der Waals surface area contributed by atoms with Crippen LogP contribution in [0.4, 0.5) is 17.2 Å². The van der Waals surface area contributed by atoms with E-state index in [2.05, 4.69) is 32.3 Å². The van der Waals surface area contributed by atoms with Crippen molar-refractivity contribution in [1.82, 2.24) is 9.78 Å². The van der Waals surface area contributed by atoms with Crippen LogP contribution in [0.1, 0.15) is 17.3 Å². The molecule has 0 saturated carbocycles. The van der Waals surface area contributed by atoms with E-state index in [1.807, 2.05) is 18.2 Å². The predicted octanol–water partition coefficient (Wildman–Crippen LogP) is 2.41. The van der Waals surface area contributed by atoms with Gasteiger partial charge in [0.2, 0.25) is 5.91 Å². The lowest BCUT2D eigenvalue weighted by Gasteiger charge is -2.36. The molecule has 1 aliphatic heterocycles. The number of anilines is 3. The highest BCUT2D eigenvalue weighted by molar-refractivity contribution is 5.97. The minimum Gasteiger partial charge on any atom is -0.368 e. The van der Waals surface area contributed by atoms with E-state index in [4.69, 9.17) is 0 Å². The van der Waals surface area contributed by atoms with Crippen LogP contribution in [-0.2, 0) is 11.3 Å². The smallest absolute Gasteiger partial charge is 0.267 e. The number of rotatable bonds is 6. The number of hydrogen-bond donors (Lipinski definition) is 1. The van der Waals surface area contributed by atoms with Gasteiger partial charge in [0, 0.05) is 49.2 Å². The lowest BCUT2D eigenvalue weighted by atomic mass is 10.1. The predicted molar refractivity (Wildman–Crippen MR) is 124 cm³/mol. The summed E-state index contributed by atoms with van der Waals surface area (Å²) in [6.07, 6.45) is 0. The molecule has 4 rings (SSSR count). The van der Waals surface area contributed by atoms with Crippen molar-refractivity contribution < 1.29 is 9.59 Å². The fourth-order valence-electron chi connectivity index (χ4n) is 3.71. The van der Waals surface area contributed by atoms with Gasteiger partial charge in [-0.2, -0.15) is 5.10 Å². The van der Waals surface area contributed by atoms with E-state index < -0.39 is 0 Å². The molecule has 0 atom stereocenters. The number of benzene rings is 2. The van der Waals surface area contributed by atoms with Gasteiger partial charge in [0.25, 0.3) is 5.56 Å². The molecular formula is C24H25N5O3. The molecule has 1 aliphatic rings. The normalized spacial score (nSPS) is 13.7. The molecule has 0 spiro atoms. The van der Waals surface area contributed by atoms with Crippen molar-refractivity contribution in [2.75, 3.05) is 41.3 Å². The maximum absolute atomic E-state index is 12.5. The summed E-state index contributed by atoms with van der Waals surface area (Å²) in [5, 5.41) is 7.14. The van der Waals surface area contributed by atoms with Crippen LogP contribution in [0.15, 0.2) is 71.5 Å². The number of piperazine rings is 1. The van der Waals surface area contributed by atoms with Gasteiger partial charge in [-0.15, -0.1) is 0 Å². The van der Waals surface area contributed by atoms with Crippen molar-refractivity contribution in [3.05, 3.63) is 82.6 Å². The van der Waals surface area contributed by atoms with Crippen molar-refractivity contribution in [3.8, 4) is 0 Å². The molecule has 164 valence electrons. The summed E-state index contributed by atoms with van der Waals surface area (Å²) in [4.78, 5) is 40.7. The summed E-state index contributed by atoms with van der Waals surface area (Å²) in [5.41, 5.74) is 1.86. The number of para-hydroxylation sites is 1. The van der Waals surface area contributed by atoms with Crippen LogP contribution >= 0.6 is 0 Å². The Labute approximate surface area is 186 Å². The molecule has 2 heterocycles. The fourth-order valence-corrected chi connectivity index (χ4v) is 3.71. The zero-order chi connectivity index (χ0) is 22.5. The third-order valence-electron chi connectivity index (χ3n) is 5.42. The zero-order valence-corrected chi connectivity index (χ0v) is 17.9. The first-order valence-electron chi connectivity index (χ1n) is 10.5. The molecule has 0 unspecified atom stereocenters. The van der Waals surface area contributed by atoms with Crippen LogP contribution in [-0.4, -0.2) is 47.6 Å². The van der Waals surface area contributed by atoms with Gasteiger partial charge < -0.3 is 15.1 Å². The maximum Gasteiger partial charge on any atom is 0.267 e. The molecule has 3 aromatic rings. The molecule has 2 aromatic carbocycles. The van der Waals surface area contributed by atoms with Crippen LogP contribution in [0.5, 0.6) is 0 Å². The van der Waals surface area contributed by atoms with Crippen molar-refractivity contribution in [1.29, 1.82) is 0 Å². The summed E-state index contributed by atoms with van der Waals surface area (Å²) in [7, 11) is 0. The SMILES string of the molecule is CC(=O)c1cccc(NC(=O)Cn2nc(N3CCN(c4ccccc4)CC3)ccc2=O)c1. The van der Waals surface area contributed by atoms with Gasteiger partial charge in [-0.25, -0.2) is 4.68 Å². The number of nitrogens with zero attached hydrogens (tertiary/aromatic N) is 4. The number of carbonyl (C=O) groups is 2. The van der Waals surface area contributed by atoms with Crippen LogP contribution < -0.4 is 20.7 Å². The second-order valence-electron chi connectivity index (χ2n) is 7.68. The number of amides is 1. The average molecular weight is 431 g/mol. The molecule has 8 nitrogen and oxygen atoms in total. The fraction of sp³-hybridized carbons (Fsp3) is 0.250. The van der Waals surface area contributed by atoms with Gasteiger partial charge in [-0.1, -0.05) is 30.3 Å². The second-order valence-corrected chi connectivity index (χ2v) is 7.68. The van der Waals surface area contributed by atoms with Gasteiger partial charge in [0.1, 0.15) is 12.4 Å². The van der Waals surface area contributed by atoms with E-state index in [0.717, 1.165) is 26.2 Å². The Balaban J connectivity index is 1.41. The van der Waals surface area contributed by atoms with E-state index in [9.17, 15) is 14.4 Å². The minimum absolute atomic E-state index is 0.0842. The Hall–Kier alpha value is -3.94. The summed E-state index contributed by atoms with van der Waals surface area (Å²) in [5.74, 6) is 0.203. The monoisotopic (exact) mass is 431 g/mol. The maximum atomic E-state index is 12.5. The number of carbonyl (C=O) groups excluding carboxylic acids is 2. The van der Waals surface area contributed by atoms with Crippen LogP contribution in [0, 0.1) is 0 Å². The topological polar surface area (TPSA) is 87.5 Å². The highest BCUT2D eigenvalue weighted by Crippen LogP contribution is 2.18. The number of Topliss-reactive ketones (excluding diaryl/α,β-unsaturated/α-hetero) is 1. The molecule has 1 fully saturated rings. The molecule has 1 N–H and O–H groups in total. The van der Waals surface area contributed by atoms with Crippen molar-refractivity contribution in [2.24, 2.45) is 0 Å². The first-order chi connectivity index (χ1) is 15.5. The van der Waals surface area contributed by atoms with Gasteiger partial charge in [0.15, 0.2) is 5.78 Å². The largest absolute Gasteiger partial charge is 0.368 e. The van der Waals surface area contributed by atoms with Crippen molar-refractivity contribution in [3.63, 3.8) is 0 Å². The molecule has 1 aromatic heterocycles. The van der Waals surface area contributed by atoms with Crippen LogP contribution in [0.2, 0.25) is 0 Å². The Morgan fingerprint density at radius 1 is 0.906 bits per heavy atom. The standard InChI is InChI=1S/C24H25N5O3/c1-18(30)19-6-5-7-20(16-19)25-23(31)17-29-24(32)11-10-22(26-29)28-14-12-27(13-15-28)21-8-3-2-4-9-21/h2-11,16H,12-15,17H2,1H3,(H,25,31). The zero-order valence-electron chi connectivity index (χ0n) is 17.9. The minimum atomic E-state index is -0.383. The van der Waals surface area contributed by atoms with Gasteiger partial charge in [-0.05, 0) is 37.3 Å². The Kier molecular flexibility index (Phi) is 6.30. The third-order valence-corrected chi connectivity index (χ3v) is 5.42. The highest BCUT2D eigenvalue weighted by Gasteiger charge is 2.19. The Morgan fingerprint density at radius 2 is 1.62 bits per heavy atom. The molecule has 32 heavy (non-hydrogen) atoms. The van der Waals surface area contributed by atoms with Crippen LogP contribution in [0.25, 0.3) is 0 Å². The third kappa shape index (κ3) is 5.03. The molecular weight excluding hydrogens is 406 g/mol. The lowest BCUT2D eigenvalue weighted by Crippen LogP contribution is -2.47. The second kappa shape index (κ2) is 9.47. The molecule has 8 heteroatoms. The van der Waals surface area contributed by atoms with E-state index in [-0.39, 0.29) is 23.8 Å². The van der Waals surface area contributed by atoms with Gasteiger partial charge >= 0.3 is 0 Å². The average Bonchev–Trinajstić information content (AvgIpc) is 2.81. The van der Waals surface area contributed by atoms with Crippen LogP contribution in [0.3, 0.4) is 0 Å². The summed E-state index contributed by atoms with van der Waals surface area (Å²) < 4.78 is 1.17. The number of nitrogens with one attached hydrogen (secondary N) is 1. The molecule has 1 saturated heterocycles. The number of aromatic nitrogens is 2. The van der Waals surface area contributed by atoms with E-state index in [1.54, 1.807) is 30.3 Å².